The SMILES string of the molecule is CC(C)(C)OC(=O)NCC1CCN(S(=O)(=O)Cc2ccc(F)cc2)CC1. The molecule has 0 atom stereocenters. The summed E-state index contributed by atoms with van der Waals surface area (Å²) in [6, 6.07) is 5.51. The molecule has 1 aromatic carbocycles. The molecule has 6 nitrogen and oxygen atoms in total. The lowest BCUT2D eigenvalue weighted by Gasteiger charge is -2.31. The van der Waals surface area contributed by atoms with E-state index in [2.05, 4.69) is 5.32 Å². The number of piperidine rings is 1. The molecule has 1 fully saturated rings. The number of alkyl carbamates (subject to hydrolysis) is 1. The summed E-state index contributed by atoms with van der Waals surface area (Å²) in [4.78, 5) is 11.7. The fourth-order valence-corrected chi connectivity index (χ4v) is 4.38. The summed E-state index contributed by atoms with van der Waals surface area (Å²) in [5.74, 6) is -0.294. The number of carbonyl (C=O) groups excluding carboxylic acids is 1. The highest BCUT2D eigenvalue weighted by molar-refractivity contribution is 7.88. The Bertz CT molecular complexity index is 706. The normalized spacial score (nSPS) is 17.1. The standard InChI is InChI=1S/C18H27FN2O4S/c1-18(2,3)25-17(22)20-12-14-8-10-21(11-9-14)26(23,24)13-15-4-6-16(19)7-5-15/h4-7,14H,8-13H2,1-3H3,(H,20,22). The first-order chi connectivity index (χ1) is 12.0. The molecule has 0 aromatic heterocycles. The molecule has 1 aromatic rings. The first kappa shape index (κ1) is 20.6. The van der Waals surface area contributed by atoms with Gasteiger partial charge in [-0.3, -0.25) is 0 Å². The molecular formula is C18H27FN2O4S. The number of nitrogens with zero attached hydrogens (tertiary/aromatic N) is 1. The summed E-state index contributed by atoms with van der Waals surface area (Å²) in [7, 11) is -3.43. The van der Waals surface area contributed by atoms with Crippen LogP contribution in [-0.2, 0) is 20.5 Å². The largest absolute Gasteiger partial charge is 0.444 e. The lowest BCUT2D eigenvalue weighted by molar-refractivity contribution is 0.0513. The van der Waals surface area contributed by atoms with Crippen LogP contribution in [0.3, 0.4) is 0 Å². The summed E-state index contributed by atoms with van der Waals surface area (Å²) in [5, 5.41) is 2.74. The zero-order chi connectivity index (χ0) is 19.4. The molecular weight excluding hydrogens is 359 g/mol. The van der Waals surface area contributed by atoms with Gasteiger partial charge in [0.1, 0.15) is 11.4 Å². The molecule has 0 spiro atoms. The molecule has 1 saturated heterocycles. The molecule has 1 heterocycles. The van der Waals surface area contributed by atoms with Gasteiger partial charge in [-0.25, -0.2) is 21.9 Å². The van der Waals surface area contributed by atoms with Crippen molar-refractivity contribution in [3.8, 4) is 0 Å². The number of sulfonamides is 1. The van der Waals surface area contributed by atoms with Crippen LogP contribution < -0.4 is 5.32 Å². The molecule has 0 radical (unpaired) electrons. The molecule has 1 amide bonds. The predicted octanol–water partition coefficient (Wildman–Crippen LogP) is 2.89. The van der Waals surface area contributed by atoms with Gasteiger partial charge >= 0.3 is 6.09 Å². The molecule has 1 N–H and O–H groups in total. The lowest BCUT2D eigenvalue weighted by atomic mass is 9.98. The molecule has 0 bridgehead atoms. The van der Waals surface area contributed by atoms with Gasteiger partial charge in [0.15, 0.2) is 0 Å². The van der Waals surface area contributed by atoms with E-state index in [0.717, 1.165) is 0 Å². The maximum absolute atomic E-state index is 12.9. The number of carbonyl (C=O) groups is 1. The monoisotopic (exact) mass is 386 g/mol. The van der Waals surface area contributed by atoms with Gasteiger partial charge in [-0.2, -0.15) is 0 Å². The van der Waals surface area contributed by atoms with E-state index < -0.39 is 21.7 Å². The molecule has 146 valence electrons. The second-order valence-corrected chi connectivity index (χ2v) is 9.58. The number of amides is 1. The zero-order valence-electron chi connectivity index (χ0n) is 15.5. The Balaban J connectivity index is 1.80. The number of halogens is 1. The molecule has 0 aliphatic carbocycles. The van der Waals surface area contributed by atoms with Crippen molar-refractivity contribution in [2.75, 3.05) is 19.6 Å². The Morgan fingerprint density at radius 2 is 1.81 bits per heavy atom. The smallest absolute Gasteiger partial charge is 0.407 e. The van der Waals surface area contributed by atoms with E-state index in [4.69, 9.17) is 4.74 Å². The van der Waals surface area contributed by atoms with Crippen molar-refractivity contribution in [1.29, 1.82) is 0 Å². The molecule has 26 heavy (non-hydrogen) atoms. The zero-order valence-corrected chi connectivity index (χ0v) is 16.3. The van der Waals surface area contributed by atoms with Gasteiger partial charge < -0.3 is 10.1 Å². The summed E-state index contributed by atoms with van der Waals surface area (Å²) >= 11 is 0. The van der Waals surface area contributed by atoms with Crippen LogP contribution in [0.4, 0.5) is 9.18 Å². The van der Waals surface area contributed by atoms with Crippen molar-refractivity contribution >= 4 is 16.1 Å². The molecule has 2 rings (SSSR count). The number of hydrogen-bond donors (Lipinski definition) is 1. The van der Waals surface area contributed by atoms with Crippen molar-refractivity contribution in [3.63, 3.8) is 0 Å². The number of ether oxygens (including phenoxy) is 1. The third-order valence-electron chi connectivity index (χ3n) is 4.16. The van der Waals surface area contributed by atoms with E-state index in [9.17, 15) is 17.6 Å². The number of nitrogens with one attached hydrogen (secondary N) is 1. The fraction of sp³-hybridized carbons (Fsp3) is 0.611. The van der Waals surface area contributed by atoms with Crippen molar-refractivity contribution in [1.82, 2.24) is 9.62 Å². The first-order valence-corrected chi connectivity index (χ1v) is 10.4. The highest BCUT2D eigenvalue weighted by Crippen LogP contribution is 2.21. The molecule has 0 saturated carbocycles. The number of hydrogen-bond acceptors (Lipinski definition) is 4. The highest BCUT2D eigenvalue weighted by Gasteiger charge is 2.28. The van der Waals surface area contributed by atoms with Gasteiger partial charge in [0.05, 0.1) is 5.75 Å². The Kier molecular flexibility index (Phi) is 6.63. The second-order valence-electron chi connectivity index (χ2n) is 7.61. The van der Waals surface area contributed by atoms with Gasteiger partial charge in [-0.15, -0.1) is 0 Å². The van der Waals surface area contributed by atoms with E-state index in [1.54, 1.807) is 20.8 Å². The van der Waals surface area contributed by atoms with E-state index in [0.29, 0.717) is 38.0 Å². The highest BCUT2D eigenvalue weighted by atomic mass is 32.2. The maximum Gasteiger partial charge on any atom is 0.407 e. The summed E-state index contributed by atoms with van der Waals surface area (Å²) < 4.78 is 44.6. The Hall–Kier alpha value is -1.67. The maximum atomic E-state index is 12.9. The average molecular weight is 386 g/mol. The summed E-state index contributed by atoms with van der Waals surface area (Å²) in [6.07, 6.45) is 0.903. The number of benzene rings is 1. The summed E-state index contributed by atoms with van der Waals surface area (Å²) in [5.41, 5.74) is 0.0297. The van der Waals surface area contributed by atoms with Crippen LogP contribution in [0.1, 0.15) is 39.2 Å². The van der Waals surface area contributed by atoms with Crippen LogP contribution in [0.15, 0.2) is 24.3 Å². The van der Waals surface area contributed by atoms with Crippen LogP contribution in [-0.4, -0.2) is 44.1 Å². The molecule has 8 heteroatoms. The van der Waals surface area contributed by atoms with E-state index >= 15 is 0 Å². The predicted molar refractivity (Wildman–Crippen MR) is 97.6 cm³/mol. The van der Waals surface area contributed by atoms with Crippen molar-refractivity contribution in [3.05, 3.63) is 35.6 Å². The molecule has 0 unspecified atom stereocenters. The topological polar surface area (TPSA) is 75.7 Å². The van der Waals surface area contributed by atoms with Crippen LogP contribution in [0.25, 0.3) is 0 Å². The van der Waals surface area contributed by atoms with Gasteiger partial charge in [0.2, 0.25) is 10.0 Å². The third kappa shape index (κ3) is 6.57. The van der Waals surface area contributed by atoms with Crippen LogP contribution in [0.5, 0.6) is 0 Å². The van der Waals surface area contributed by atoms with Crippen molar-refractivity contribution in [2.24, 2.45) is 5.92 Å². The third-order valence-corrected chi connectivity index (χ3v) is 6.01. The molecule has 1 aliphatic rings. The van der Waals surface area contributed by atoms with Crippen LogP contribution in [0.2, 0.25) is 0 Å². The van der Waals surface area contributed by atoms with Crippen molar-refractivity contribution in [2.45, 2.75) is 45.0 Å². The summed E-state index contributed by atoms with van der Waals surface area (Å²) in [6.45, 7) is 6.72. The Morgan fingerprint density at radius 3 is 2.35 bits per heavy atom. The Labute approximate surface area is 154 Å². The van der Waals surface area contributed by atoms with E-state index in [-0.39, 0.29) is 17.5 Å². The second kappa shape index (κ2) is 8.35. The first-order valence-electron chi connectivity index (χ1n) is 8.74. The van der Waals surface area contributed by atoms with Crippen LogP contribution in [0, 0.1) is 11.7 Å². The van der Waals surface area contributed by atoms with Gasteiger partial charge in [0, 0.05) is 19.6 Å². The quantitative estimate of drug-likeness (QED) is 0.844. The lowest BCUT2D eigenvalue weighted by Crippen LogP contribution is -2.42. The average Bonchev–Trinajstić information content (AvgIpc) is 2.54. The van der Waals surface area contributed by atoms with E-state index in [1.807, 2.05) is 0 Å². The van der Waals surface area contributed by atoms with Crippen molar-refractivity contribution < 1.29 is 22.3 Å². The minimum atomic E-state index is -3.43. The van der Waals surface area contributed by atoms with Crippen LogP contribution >= 0.6 is 0 Å². The fourth-order valence-electron chi connectivity index (χ4n) is 2.82. The number of rotatable bonds is 5. The van der Waals surface area contributed by atoms with Gasteiger partial charge in [-0.05, 0) is 57.2 Å². The molecule has 1 aliphatic heterocycles. The van der Waals surface area contributed by atoms with E-state index in [1.165, 1.54) is 28.6 Å². The minimum absolute atomic E-state index is 0.131. The minimum Gasteiger partial charge on any atom is -0.444 e. The van der Waals surface area contributed by atoms with Gasteiger partial charge in [0.25, 0.3) is 0 Å². The van der Waals surface area contributed by atoms with Gasteiger partial charge in [-0.1, -0.05) is 12.1 Å². The Morgan fingerprint density at radius 1 is 1.23 bits per heavy atom.